The normalized spacial score (nSPS) is 53.9. The van der Waals surface area contributed by atoms with Crippen molar-refractivity contribution in [2.75, 3.05) is 46.2 Å². The lowest BCUT2D eigenvalue weighted by Gasteiger charge is -2.53. The highest BCUT2D eigenvalue weighted by Crippen LogP contribution is 2.41. The molecule has 0 aromatic carbocycles. The summed E-state index contributed by atoms with van der Waals surface area (Å²) in [5.41, 5.74) is 0. The Balaban J connectivity index is 1.16. The largest absolute Gasteiger partial charge is 0.394 e. The third-order valence-corrected chi connectivity index (χ3v) is 15.3. The average molecular weight is 1190 g/mol. The van der Waals surface area contributed by atoms with E-state index in [0.29, 0.717) is 0 Å². The van der Waals surface area contributed by atoms with E-state index in [2.05, 4.69) is 5.32 Å². The molecule has 0 aromatic rings. The molecule has 1 amide bonds. The van der Waals surface area contributed by atoms with E-state index in [9.17, 15) is 112 Å². The molecule has 37 nitrogen and oxygen atoms in total. The predicted octanol–water partition coefficient (Wildman–Crippen LogP) is -15.8. The lowest BCUT2D eigenvalue weighted by Crippen LogP contribution is -2.74. The number of carbonyl (C=O) groups is 1. The number of aliphatic hydroxyl groups is 21. The number of hydrogen-bond donors (Lipinski definition) is 22. The lowest BCUT2D eigenvalue weighted by molar-refractivity contribution is -0.464. The van der Waals surface area contributed by atoms with Crippen molar-refractivity contribution in [3.05, 3.63) is 0 Å². The fourth-order valence-electron chi connectivity index (χ4n) is 10.9. The van der Waals surface area contributed by atoms with Crippen molar-refractivity contribution in [1.29, 1.82) is 0 Å². The van der Waals surface area contributed by atoms with Gasteiger partial charge in [-0.2, -0.15) is 0 Å². The Kier molecular flexibility index (Phi) is 21.7. The maximum Gasteiger partial charge on any atom is 0.305 e. The second kappa shape index (κ2) is 27.0. The molecule has 23 aliphatic rings. The minimum atomic E-state index is -3.47. The quantitative estimate of drug-likeness (QED) is 0.0903. The molecule has 0 saturated carbocycles. The lowest BCUT2D eigenvalue weighted by atomic mass is 9.93. The van der Waals surface area contributed by atoms with E-state index in [-0.39, 0.29) is 0 Å². The topological polar surface area (TPSA) is 583 Å². The molecule has 5 unspecified atom stereocenters. The van der Waals surface area contributed by atoms with E-state index in [1.165, 1.54) is 0 Å². The Hall–Kier alpha value is -1.93. The summed E-state index contributed by atoms with van der Waals surface area (Å²) in [7, 11) is 0. The van der Waals surface area contributed by atoms with E-state index >= 15 is 0 Å². The van der Waals surface area contributed by atoms with Crippen LogP contribution in [0.25, 0.3) is 0 Å². The molecule has 23 saturated heterocycles. The molecule has 81 heavy (non-hydrogen) atoms. The van der Waals surface area contributed by atoms with Crippen molar-refractivity contribution in [3.63, 3.8) is 0 Å². The van der Waals surface area contributed by atoms with Crippen LogP contribution in [0.1, 0.15) is 6.92 Å². The number of carbonyl (C=O) groups excluding carboxylic acids is 1. The zero-order chi connectivity index (χ0) is 59.3. The van der Waals surface area contributed by atoms with Gasteiger partial charge < -0.3 is 179 Å². The summed E-state index contributed by atoms with van der Waals surface area (Å²) >= 11 is 0. The van der Waals surface area contributed by atoms with Crippen molar-refractivity contribution in [3.8, 4) is 0 Å². The van der Waals surface area contributed by atoms with Crippen molar-refractivity contribution in [2.24, 2.45) is 0 Å². The molecule has 23 heterocycles. The van der Waals surface area contributed by atoms with E-state index in [1.807, 2.05) is 0 Å². The highest BCUT2D eigenvalue weighted by molar-refractivity contribution is 5.73. The number of nitrogens with one attached hydrogen (secondary N) is 1. The van der Waals surface area contributed by atoms with Gasteiger partial charge in [0.2, 0.25) is 5.91 Å². The molecule has 23 fully saturated rings. The standard InChI is InChI=1S/C44H73NO36/c1-9(53)45-37-23(60)17(54)10(2-46)80-44(37,67)81-36-29(66)43-73-16(8-52)35(36)79-42-28(65)22(59)33(14(6-50)72-42)77-40-26(63)20(57)31(12(4-48)70-40)75-38-24(61)18(55)30(11(3-47)68-38)74-39-25(62)19(56)32(13(5-49)69-39)76-41-27(64)21(58)34(78-43)15(7-51)71-41/h10-43,46-52,54-67H,2-8H2,1H3,(H,45,53)/t10?,11-,12-,13-,14-,15-,16-,17?,18-,19-,20-,21-,22-,23?,24-,25-,26-,27-,28-,29-,30-,31-,32-,33-,34-,35+,36-,37?,38-,39-,40-,41-,42-,43-,44?/m1/s1. The van der Waals surface area contributed by atoms with Gasteiger partial charge in [0, 0.05) is 6.92 Å². The summed E-state index contributed by atoms with van der Waals surface area (Å²) < 4.78 is 80.5. The van der Waals surface area contributed by atoms with Crippen molar-refractivity contribution in [2.45, 2.75) is 221 Å². The van der Waals surface area contributed by atoms with Crippen molar-refractivity contribution >= 4 is 5.91 Å². The molecular formula is C44H73NO36. The molecule has 12 bridgehead atoms. The fourth-order valence-corrected chi connectivity index (χ4v) is 10.9. The van der Waals surface area contributed by atoms with Crippen LogP contribution in [0.15, 0.2) is 0 Å². The SMILES string of the molecule is CC(=O)NC1C(O)C(O)C(CO)OC1(O)O[C@@H]1[C@@H](O)[C@H]2O[C@H]3[C@H](O)[C@@H](O)[C@@H](O[C@H]4[C@H](O)[C@@H](O)[C@@H](O[C@H]5[C@H](O)[C@@H](O)[C@@H](O[C@H]6[C@H](O)[C@@H](O)[C@@H](O[C@H]7[C@H](O)[C@@H](O)[C@@H](O[C@H]1[C@@H](CO)O2)O[C@@H]7CO)O[C@@H]6CO)O[C@@H]5CO)O[C@@H]4CO)O[C@@H]3CO. The number of aliphatic hydroxyl groups excluding tert-OH is 20. The van der Waals surface area contributed by atoms with Gasteiger partial charge in [-0.1, -0.05) is 0 Å². The fraction of sp³-hybridized carbons (Fsp3) is 0.977. The monoisotopic (exact) mass is 1190 g/mol. The Morgan fingerprint density at radius 2 is 0.593 bits per heavy atom. The zero-order valence-corrected chi connectivity index (χ0v) is 42.6. The zero-order valence-electron chi connectivity index (χ0n) is 42.6. The molecule has 0 radical (unpaired) electrons. The number of amides is 1. The van der Waals surface area contributed by atoms with Gasteiger partial charge in [-0.05, 0) is 0 Å². The van der Waals surface area contributed by atoms with Crippen LogP contribution in [0.2, 0.25) is 0 Å². The maximum absolute atomic E-state index is 12.4. The van der Waals surface area contributed by atoms with Crippen molar-refractivity contribution < 1.29 is 178 Å². The highest BCUT2D eigenvalue weighted by atomic mass is 16.9. The third kappa shape index (κ3) is 12.8. The van der Waals surface area contributed by atoms with Crippen LogP contribution >= 0.6 is 0 Å². The van der Waals surface area contributed by atoms with Crippen LogP contribution in [-0.2, 0) is 71.1 Å². The number of ether oxygens (including phenoxy) is 14. The van der Waals surface area contributed by atoms with Gasteiger partial charge in [0.05, 0.1) is 46.2 Å². The summed E-state index contributed by atoms with van der Waals surface area (Å²) in [6.07, 6.45) is -69.7. The van der Waals surface area contributed by atoms with Gasteiger partial charge in [0.25, 0.3) is 0 Å². The Labute approximate surface area is 456 Å². The summed E-state index contributed by atoms with van der Waals surface area (Å²) in [6.45, 7) is -6.97. The highest BCUT2D eigenvalue weighted by Gasteiger charge is 2.63. The molecule has 22 N–H and O–H groups in total. The second-order valence-corrected chi connectivity index (χ2v) is 20.6. The summed E-state index contributed by atoms with van der Waals surface area (Å²) in [4.78, 5) is 12.4. The van der Waals surface area contributed by atoms with Gasteiger partial charge in [-0.3, -0.25) is 4.79 Å². The molecule has 0 aromatic heterocycles. The Morgan fingerprint density at radius 3 is 0.852 bits per heavy atom. The molecule has 0 spiro atoms. The minimum absolute atomic E-state index is 0.899. The van der Waals surface area contributed by atoms with Gasteiger partial charge in [0.1, 0.15) is 171 Å². The minimum Gasteiger partial charge on any atom is -0.394 e. The number of hydrogen-bond acceptors (Lipinski definition) is 36. The van der Waals surface area contributed by atoms with E-state index < -0.39 is 267 Å². The van der Waals surface area contributed by atoms with Gasteiger partial charge in [-0.15, -0.1) is 0 Å². The van der Waals surface area contributed by atoms with Crippen LogP contribution in [-0.4, -0.2) is 374 Å². The Morgan fingerprint density at radius 1 is 0.346 bits per heavy atom. The Bertz CT molecular complexity index is 2000. The van der Waals surface area contributed by atoms with Gasteiger partial charge >= 0.3 is 5.97 Å². The molecule has 23 rings (SSSR count). The first-order valence-corrected chi connectivity index (χ1v) is 25.7. The summed E-state index contributed by atoms with van der Waals surface area (Å²) in [6, 6.07) is -2.23. The first-order valence-electron chi connectivity index (χ1n) is 25.7. The third-order valence-electron chi connectivity index (χ3n) is 15.3. The second-order valence-electron chi connectivity index (χ2n) is 20.6. The van der Waals surface area contributed by atoms with Crippen LogP contribution in [0.3, 0.4) is 0 Å². The van der Waals surface area contributed by atoms with E-state index in [4.69, 9.17) is 66.3 Å². The van der Waals surface area contributed by atoms with E-state index in [1.54, 1.807) is 0 Å². The van der Waals surface area contributed by atoms with Crippen molar-refractivity contribution in [1.82, 2.24) is 5.32 Å². The average Bonchev–Trinajstić information content (AvgIpc) is 3.53. The van der Waals surface area contributed by atoms with Crippen LogP contribution < -0.4 is 5.32 Å². The molecule has 37 heteroatoms. The van der Waals surface area contributed by atoms with Gasteiger partial charge in [-0.25, -0.2) is 0 Å². The first kappa shape index (κ1) is 65.1. The number of rotatable bonds is 10. The maximum atomic E-state index is 12.4. The predicted molar refractivity (Wildman–Crippen MR) is 241 cm³/mol. The molecule has 470 valence electrons. The molecule has 0 aliphatic carbocycles. The van der Waals surface area contributed by atoms with E-state index in [0.717, 1.165) is 6.92 Å². The van der Waals surface area contributed by atoms with Crippen LogP contribution in [0.5, 0.6) is 0 Å². The van der Waals surface area contributed by atoms with Gasteiger partial charge in [0.15, 0.2) is 37.7 Å². The smallest absolute Gasteiger partial charge is 0.305 e. The molecule has 35 atom stereocenters. The first-order chi connectivity index (χ1) is 38.4. The van der Waals surface area contributed by atoms with Crippen LogP contribution in [0.4, 0.5) is 0 Å². The summed E-state index contributed by atoms with van der Waals surface area (Å²) in [5, 5.41) is 236. The molecular weight excluding hydrogens is 1120 g/mol. The molecule has 23 aliphatic heterocycles. The van der Waals surface area contributed by atoms with Crippen LogP contribution in [0, 0.1) is 0 Å². The summed E-state index contributed by atoms with van der Waals surface area (Å²) in [5.74, 6) is -4.47.